The Kier molecular flexibility index (Phi) is 4.04. The Hall–Kier alpha value is -1.30. The minimum atomic E-state index is 1.08. The van der Waals surface area contributed by atoms with E-state index in [9.17, 15) is 0 Å². The summed E-state index contributed by atoms with van der Waals surface area (Å²) in [5.41, 5.74) is 2.67. The summed E-state index contributed by atoms with van der Waals surface area (Å²) < 4.78 is 0. The monoisotopic (exact) mass is 172 g/mol. The van der Waals surface area contributed by atoms with Gasteiger partial charge in [-0.05, 0) is 18.9 Å². The van der Waals surface area contributed by atoms with E-state index in [2.05, 4.69) is 50.2 Å². The van der Waals surface area contributed by atoms with Crippen molar-refractivity contribution in [3.05, 3.63) is 59.7 Å². The molecule has 0 nitrogen and oxygen atoms in total. The van der Waals surface area contributed by atoms with Gasteiger partial charge in [0.1, 0.15) is 0 Å². The van der Waals surface area contributed by atoms with Crippen molar-refractivity contribution in [2.75, 3.05) is 0 Å². The van der Waals surface area contributed by atoms with E-state index in [1.807, 2.05) is 12.1 Å². The van der Waals surface area contributed by atoms with Gasteiger partial charge in [-0.1, -0.05) is 61.0 Å². The number of aryl methyl sites for hydroxylation is 2. The van der Waals surface area contributed by atoms with Crippen LogP contribution in [0.1, 0.15) is 18.1 Å². The molecule has 1 rings (SSSR count). The summed E-state index contributed by atoms with van der Waals surface area (Å²) in [6.45, 7) is 4.30. The maximum Gasteiger partial charge on any atom is -0.0307 e. The van der Waals surface area contributed by atoms with Gasteiger partial charge in [-0.3, -0.25) is 0 Å². The fourth-order valence-electron chi connectivity index (χ4n) is 1.19. The molecular formula is C13H16. The third kappa shape index (κ3) is 3.75. The summed E-state index contributed by atoms with van der Waals surface area (Å²) in [7, 11) is 0. The van der Waals surface area contributed by atoms with Crippen molar-refractivity contribution in [1.29, 1.82) is 0 Å². The van der Waals surface area contributed by atoms with Crippen LogP contribution < -0.4 is 0 Å². The molecule has 0 atom stereocenters. The summed E-state index contributed by atoms with van der Waals surface area (Å²) >= 11 is 0. The molecule has 0 heteroatoms. The van der Waals surface area contributed by atoms with Gasteiger partial charge in [-0.15, -0.1) is 0 Å². The molecule has 0 bridgehead atoms. The van der Waals surface area contributed by atoms with Crippen molar-refractivity contribution in [1.82, 2.24) is 0 Å². The molecule has 0 aliphatic carbocycles. The van der Waals surface area contributed by atoms with E-state index in [1.165, 1.54) is 11.1 Å². The highest BCUT2D eigenvalue weighted by molar-refractivity contribution is 5.18. The van der Waals surface area contributed by atoms with Crippen LogP contribution in [-0.4, -0.2) is 0 Å². The quantitative estimate of drug-likeness (QED) is 0.606. The van der Waals surface area contributed by atoms with Gasteiger partial charge in [0.15, 0.2) is 0 Å². The molecule has 0 radical (unpaired) electrons. The van der Waals surface area contributed by atoms with Gasteiger partial charge in [0.2, 0.25) is 0 Å². The zero-order valence-electron chi connectivity index (χ0n) is 8.33. The second-order valence-electron chi connectivity index (χ2n) is 3.11. The fraction of sp³-hybridized carbons (Fsp3) is 0.231. The largest absolute Gasteiger partial charge is 0.0623 e. The molecule has 0 N–H and O–H groups in total. The van der Waals surface area contributed by atoms with Gasteiger partial charge in [0.25, 0.3) is 0 Å². The molecule has 0 heterocycles. The van der Waals surface area contributed by atoms with Crippen LogP contribution in [0.4, 0.5) is 0 Å². The first-order chi connectivity index (χ1) is 6.33. The van der Waals surface area contributed by atoms with E-state index >= 15 is 0 Å². The van der Waals surface area contributed by atoms with E-state index in [0.29, 0.717) is 0 Å². The van der Waals surface area contributed by atoms with Crippen LogP contribution in [0.25, 0.3) is 0 Å². The fourth-order valence-corrected chi connectivity index (χ4v) is 1.19. The van der Waals surface area contributed by atoms with Crippen molar-refractivity contribution >= 4 is 0 Å². The second kappa shape index (κ2) is 5.36. The van der Waals surface area contributed by atoms with E-state index in [4.69, 9.17) is 0 Å². The minimum Gasteiger partial charge on any atom is -0.0623 e. The smallest absolute Gasteiger partial charge is 0.0307 e. The Labute approximate surface area is 80.6 Å². The van der Waals surface area contributed by atoms with Crippen LogP contribution in [-0.2, 0) is 6.42 Å². The first kappa shape index (κ1) is 9.79. The zero-order valence-corrected chi connectivity index (χ0v) is 8.33. The van der Waals surface area contributed by atoms with Crippen LogP contribution in [0.5, 0.6) is 0 Å². The summed E-state index contributed by atoms with van der Waals surface area (Å²) in [6.07, 6.45) is 1.08. The SMILES string of the molecule is CCc1cccccccc(C)c1. The van der Waals surface area contributed by atoms with E-state index in [1.54, 1.807) is 0 Å². The van der Waals surface area contributed by atoms with Crippen molar-refractivity contribution in [2.24, 2.45) is 0 Å². The molecule has 0 unspecified atom stereocenters. The Balaban J connectivity index is 3.21. The van der Waals surface area contributed by atoms with Gasteiger partial charge in [-0.25, -0.2) is 0 Å². The van der Waals surface area contributed by atoms with Crippen LogP contribution in [0, 0.1) is 6.92 Å². The molecule has 1 aromatic carbocycles. The van der Waals surface area contributed by atoms with E-state index in [-0.39, 0.29) is 0 Å². The Morgan fingerprint density at radius 3 is 2.23 bits per heavy atom. The molecule has 0 aliphatic rings. The van der Waals surface area contributed by atoms with Crippen LogP contribution in [0.15, 0.2) is 48.5 Å². The average molecular weight is 172 g/mol. The first-order valence-electron chi connectivity index (χ1n) is 4.72. The summed E-state index contributed by atoms with van der Waals surface area (Å²) in [6, 6.07) is 16.8. The Morgan fingerprint density at radius 1 is 0.923 bits per heavy atom. The van der Waals surface area contributed by atoms with Gasteiger partial charge >= 0.3 is 0 Å². The Morgan fingerprint density at radius 2 is 1.54 bits per heavy atom. The van der Waals surface area contributed by atoms with Gasteiger partial charge in [0.05, 0.1) is 0 Å². The maximum atomic E-state index is 2.22. The van der Waals surface area contributed by atoms with E-state index in [0.717, 1.165) is 6.42 Å². The van der Waals surface area contributed by atoms with Crippen LogP contribution in [0.3, 0.4) is 0 Å². The summed E-state index contributed by atoms with van der Waals surface area (Å²) in [4.78, 5) is 0. The van der Waals surface area contributed by atoms with Crippen molar-refractivity contribution in [3.63, 3.8) is 0 Å². The highest BCUT2D eigenvalue weighted by Gasteiger charge is 1.82. The maximum absolute atomic E-state index is 2.22. The highest BCUT2D eigenvalue weighted by atomic mass is 13.9. The lowest BCUT2D eigenvalue weighted by atomic mass is 10.1. The third-order valence-corrected chi connectivity index (χ3v) is 1.94. The predicted molar refractivity (Wildman–Crippen MR) is 58.2 cm³/mol. The minimum absolute atomic E-state index is 1.08. The molecule has 1 aromatic rings. The van der Waals surface area contributed by atoms with Crippen molar-refractivity contribution in [3.8, 4) is 0 Å². The van der Waals surface area contributed by atoms with Gasteiger partial charge in [0, 0.05) is 0 Å². The first-order valence-corrected chi connectivity index (χ1v) is 4.72. The van der Waals surface area contributed by atoms with Crippen molar-refractivity contribution < 1.29 is 0 Å². The molecule has 68 valence electrons. The highest BCUT2D eigenvalue weighted by Crippen LogP contribution is 2.00. The molecule has 0 fully saturated rings. The lowest BCUT2D eigenvalue weighted by Gasteiger charge is -1.92. The lowest BCUT2D eigenvalue weighted by Crippen LogP contribution is -1.75. The number of hydrogen-bond donors (Lipinski definition) is 0. The van der Waals surface area contributed by atoms with E-state index < -0.39 is 0 Å². The van der Waals surface area contributed by atoms with Crippen LogP contribution >= 0.6 is 0 Å². The topological polar surface area (TPSA) is 0 Å². The molecule has 0 saturated carbocycles. The lowest BCUT2D eigenvalue weighted by molar-refractivity contribution is 1.14. The zero-order chi connectivity index (χ0) is 9.52. The van der Waals surface area contributed by atoms with Gasteiger partial charge < -0.3 is 0 Å². The molecule has 0 amide bonds. The van der Waals surface area contributed by atoms with Crippen molar-refractivity contribution in [2.45, 2.75) is 20.3 Å². The second-order valence-corrected chi connectivity index (χ2v) is 3.11. The molecule has 0 spiro atoms. The normalized spacial score (nSPS) is 9.08. The summed E-state index contributed by atoms with van der Waals surface area (Å²) in [5.74, 6) is 0. The standard InChI is InChI=1S/C13H16/c1-3-13-10-8-6-4-5-7-9-12(2)11-13/h4-11H,3H2,1-2H3. The summed E-state index contributed by atoms with van der Waals surface area (Å²) in [5, 5.41) is 0. The molecule has 0 aliphatic heterocycles. The predicted octanol–water partition coefficient (Wildman–Crippen LogP) is 3.68. The van der Waals surface area contributed by atoms with Gasteiger partial charge in [-0.2, -0.15) is 0 Å². The molecule has 0 saturated heterocycles. The van der Waals surface area contributed by atoms with Crippen LogP contribution in [0.2, 0.25) is 0 Å². The molecule has 13 heavy (non-hydrogen) atoms. The number of hydrogen-bond acceptors (Lipinski definition) is 0. The third-order valence-electron chi connectivity index (χ3n) is 1.94. The average Bonchev–Trinajstić information content (AvgIpc) is 2.15. The molecular weight excluding hydrogens is 156 g/mol. The Bertz CT molecular complexity index is 312. The molecule has 0 aromatic heterocycles. The number of rotatable bonds is 1.